The highest BCUT2D eigenvalue weighted by atomic mass is 35.5. The Labute approximate surface area is 177 Å². The number of nitrogens with one attached hydrogen (secondary N) is 1. The number of anilines is 1. The third kappa shape index (κ3) is 3.71. The summed E-state index contributed by atoms with van der Waals surface area (Å²) in [5, 5.41) is 16.8. The van der Waals surface area contributed by atoms with Gasteiger partial charge in [-0.15, -0.1) is 0 Å². The molecule has 0 spiro atoms. The lowest BCUT2D eigenvalue weighted by atomic mass is 10.0. The Bertz CT molecular complexity index is 1180. The number of carbonyl (C=O) groups excluding carboxylic acids is 2. The molecule has 3 N–H and O–H groups in total. The van der Waals surface area contributed by atoms with Gasteiger partial charge < -0.3 is 16.0 Å². The molecule has 2 heterocycles. The van der Waals surface area contributed by atoms with Crippen molar-refractivity contribution in [2.45, 2.75) is 13.1 Å². The summed E-state index contributed by atoms with van der Waals surface area (Å²) in [5.41, 5.74) is 8.75. The Balaban J connectivity index is 1.60. The molecule has 3 amide bonds. The zero-order valence-corrected chi connectivity index (χ0v) is 16.6. The van der Waals surface area contributed by atoms with Crippen molar-refractivity contribution < 1.29 is 9.59 Å². The van der Waals surface area contributed by atoms with Crippen molar-refractivity contribution in [1.82, 2.24) is 14.7 Å². The first-order valence-electron chi connectivity index (χ1n) is 9.18. The molecule has 0 radical (unpaired) electrons. The first-order valence-corrected chi connectivity index (χ1v) is 9.55. The highest BCUT2D eigenvalue weighted by Gasteiger charge is 2.29. The van der Waals surface area contributed by atoms with Crippen molar-refractivity contribution in [3.8, 4) is 17.3 Å². The zero-order valence-electron chi connectivity index (χ0n) is 15.8. The standard InChI is InChI=1S/C21H17ClN6O2/c22-15-3-1-2-14(10-15)19-18(20(24)29)17-12-27(8-9-28(17)26-19)21(30)25-16-6-4-13(11-23)5-7-16/h1-7,10H,8-9,12H2,(H2,24,29)(H,25,30). The van der Waals surface area contributed by atoms with Crippen LogP contribution in [0, 0.1) is 11.3 Å². The molecular formula is C21H17ClN6O2. The van der Waals surface area contributed by atoms with Gasteiger partial charge in [-0.25, -0.2) is 4.79 Å². The minimum atomic E-state index is -0.611. The predicted molar refractivity (Wildman–Crippen MR) is 112 cm³/mol. The van der Waals surface area contributed by atoms with Gasteiger partial charge in [0.1, 0.15) is 5.69 Å². The quantitative estimate of drug-likeness (QED) is 0.676. The van der Waals surface area contributed by atoms with Crippen LogP contribution in [0.15, 0.2) is 48.5 Å². The summed E-state index contributed by atoms with van der Waals surface area (Å²) >= 11 is 6.08. The molecule has 9 heteroatoms. The fourth-order valence-corrected chi connectivity index (χ4v) is 3.61. The van der Waals surface area contributed by atoms with Crippen molar-refractivity contribution in [2.24, 2.45) is 5.73 Å². The molecule has 0 saturated carbocycles. The van der Waals surface area contributed by atoms with Crippen LogP contribution in [0.1, 0.15) is 21.6 Å². The average Bonchev–Trinajstić information content (AvgIpc) is 3.13. The third-order valence-electron chi connectivity index (χ3n) is 4.88. The first-order chi connectivity index (χ1) is 14.5. The lowest BCUT2D eigenvalue weighted by Crippen LogP contribution is -2.41. The number of aromatic nitrogens is 2. The Morgan fingerprint density at radius 2 is 1.93 bits per heavy atom. The Morgan fingerprint density at radius 1 is 1.17 bits per heavy atom. The summed E-state index contributed by atoms with van der Waals surface area (Å²) < 4.78 is 1.71. The largest absolute Gasteiger partial charge is 0.365 e. The van der Waals surface area contributed by atoms with Crippen LogP contribution in [-0.2, 0) is 13.1 Å². The number of halogens is 1. The van der Waals surface area contributed by atoms with Gasteiger partial charge in [-0.05, 0) is 36.4 Å². The van der Waals surface area contributed by atoms with Crippen molar-refractivity contribution >= 4 is 29.2 Å². The molecule has 0 unspecified atom stereocenters. The summed E-state index contributed by atoms with van der Waals surface area (Å²) in [6.07, 6.45) is 0. The van der Waals surface area contributed by atoms with Gasteiger partial charge in [0.2, 0.25) is 0 Å². The molecule has 2 aromatic carbocycles. The van der Waals surface area contributed by atoms with E-state index >= 15 is 0 Å². The van der Waals surface area contributed by atoms with E-state index in [2.05, 4.69) is 10.4 Å². The van der Waals surface area contributed by atoms with Gasteiger partial charge in [-0.3, -0.25) is 9.48 Å². The fraction of sp³-hybridized carbons (Fsp3) is 0.143. The van der Waals surface area contributed by atoms with Crippen molar-refractivity contribution in [3.05, 3.63) is 70.4 Å². The van der Waals surface area contributed by atoms with Gasteiger partial charge in [0.15, 0.2) is 0 Å². The number of rotatable bonds is 3. The zero-order chi connectivity index (χ0) is 21.3. The first kappa shape index (κ1) is 19.5. The number of amides is 3. The van der Waals surface area contributed by atoms with E-state index in [1.54, 1.807) is 52.0 Å². The van der Waals surface area contributed by atoms with Crippen LogP contribution in [0.2, 0.25) is 5.02 Å². The van der Waals surface area contributed by atoms with E-state index in [0.29, 0.717) is 46.3 Å². The molecule has 8 nitrogen and oxygen atoms in total. The van der Waals surface area contributed by atoms with Crippen molar-refractivity contribution in [2.75, 3.05) is 11.9 Å². The highest BCUT2D eigenvalue weighted by molar-refractivity contribution is 6.30. The maximum Gasteiger partial charge on any atom is 0.322 e. The van der Waals surface area contributed by atoms with E-state index in [1.807, 2.05) is 12.1 Å². The van der Waals surface area contributed by atoms with Crippen molar-refractivity contribution in [3.63, 3.8) is 0 Å². The molecule has 30 heavy (non-hydrogen) atoms. The number of benzene rings is 2. The smallest absolute Gasteiger partial charge is 0.322 e. The van der Waals surface area contributed by atoms with Gasteiger partial charge in [0, 0.05) is 22.8 Å². The van der Waals surface area contributed by atoms with Gasteiger partial charge in [-0.2, -0.15) is 10.4 Å². The molecule has 0 fully saturated rings. The molecule has 1 aliphatic rings. The van der Waals surface area contributed by atoms with Crippen LogP contribution in [0.4, 0.5) is 10.5 Å². The molecule has 1 aromatic heterocycles. The molecule has 0 aliphatic carbocycles. The minimum absolute atomic E-state index is 0.188. The van der Waals surface area contributed by atoms with E-state index < -0.39 is 5.91 Å². The number of nitrogens with zero attached hydrogens (tertiary/aromatic N) is 4. The number of urea groups is 1. The molecule has 150 valence electrons. The number of hydrogen-bond acceptors (Lipinski definition) is 4. The molecule has 1 aliphatic heterocycles. The van der Waals surface area contributed by atoms with Crippen LogP contribution in [-0.4, -0.2) is 33.2 Å². The Hall–Kier alpha value is -3.83. The molecule has 0 bridgehead atoms. The number of hydrogen-bond donors (Lipinski definition) is 2. The van der Waals surface area contributed by atoms with E-state index in [1.165, 1.54) is 0 Å². The van der Waals surface area contributed by atoms with Crippen LogP contribution in [0.3, 0.4) is 0 Å². The number of nitrogens with two attached hydrogens (primary N) is 1. The SMILES string of the molecule is N#Cc1ccc(NC(=O)N2CCn3nc(-c4cccc(Cl)c4)c(C(N)=O)c3C2)cc1. The predicted octanol–water partition coefficient (Wildman–Crippen LogP) is 3.22. The van der Waals surface area contributed by atoms with Crippen LogP contribution in [0.25, 0.3) is 11.3 Å². The number of primary amides is 1. The van der Waals surface area contributed by atoms with Crippen LogP contribution < -0.4 is 11.1 Å². The summed E-state index contributed by atoms with van der Waals surface area (Å²) in [6, 6.07) is 15.3. The highest BCUT2D eigenvalue weighted by Crippen LogP contribution is 2.29. The third-order valence-corrected chi connectivity index (χ3v) is 5.11. The molecule has 4 rings (SSSR count). The van der Waals surface area contributed by atoms with E-state index in [9.17, 15) is 9.59 Å². The van der Waals surface area contributed by atoms with Gasteiger partial charge >= 0.3 is 6.03 Å². The monoisotopic (exact) mass is 420 g/mol. The number of carbonyl (C=O) groups is 2. The summed E-state index contributed by atoms with van der Waals surface area (Å²) in [6.45, 7) is 1.04. The maximum absolute atomic E-state index is 12.7. The summed E-state index contributed by atoms with van der Waals surface area (Å²) in [4.78, 5) is 26.5. The van der Waals surface area contributed by atoms with Crippen LogP contribution in [0.5, 0.6) is 0 Å². The van der Waals surface area contributed by atoms with Gasteiger partial charge in [0.25, 0.3) is 5.91 Å². The van der Waals surface area contributed by atoms with E-state index in [-0.39, 0.29) is 18.1 Å². The van der Waals surface area contributed by atoms with Crippen molar-refractivity contribution in [1.29, 1.82) is 5.26 Å². The minimum Gasteiger partial charge on any atom is -0.365 e. The molecule has 3 aromatic rings. The van der Waals surface area contributed by atoms with Crippen LogP contribution >= 0.6 is 11.6 Å². The molecule has 0 atom stereocenters. The lowest BCUT2D eigenvalue weighted by molar-refractivity contribution is 0.0997. The number of nitriles is 1. The summed E-state index contributed by atoms with van der Waals surface area (Å²) in [7, 11) is 0. The Kier molecular flexibility index (Phi) is 5.12. The maximum atomic E-state index is 12.7. The number of fused-ring (bicyclic) bond motifs is 1. The molecular weight excluding hydrogens is 404 g/mol. The summed E-state index contributed by atoms with van der Waals surface area (Å²) in [5.74, 6) is -0.611. The average molecular weight is 421 g/mol. The topological polar surface area (TPSA) is 117 Å². The normalized spacial score (nSPS) is 12.7. The van der Waals surface area contributed by atoms with Gasteiger partial charge in [0.05, 0.1) is 36.0 Å². The fourth-order valence-electron chi connectivity index (χ4n) is 3.42. The second-order valence-electron chi connectivity index (χ2n) is 6.81. The second-order valence-corrected chi connectivity index (χ2v) is 7.25. The van der Waals surface area contributed by atoms with Gasteiger partial charge in [-0.1, -0.05) is 23.7 Å². The Morgan fingerprint density at radius 3 is 2.60 bits per heavy atom. The molecule has 0 saturated heterocycles. The van der Waals surface area contributed by atoms with E-state index in [4.69, 9.17) is 22.6 Å². The second kappa shape index (κ2) is 7.89. The lowest BCUT2D eigenvalue weighted by Gasteiger charge is -2.28. The van der Waals surface area contributed by atoms with E-state index in [0.717, 1.165) is 0 Å².